The predicted octanol–water partition coefficient (Wildman–Crippen LogP) is 5.80. The lowest BCUT2D eigenvalue weighted by atomic mass is 10.1. The van der Waals surface area contributed by atoms with Crippen molar-refractivity contribution < 1.29 is 14.3 Å². The third-order valence-electron chi connectivity index (χ3n) is 7.21. The van der Waals surface area contributed by atoms with Crippen LogP contribution in [0.15, 0.2) is 66.6 Å². The van der Waals surface area contributed by atoms with Gasteiger partial charge in [-0.15, -0.1) is 0 Å². The van der Waals surface area contributed by atoms with Gasteiger partial charge in [-0.2, -0.15) is 5.11 Å². The number of aromatic nitrogens is 3. The molecule has 5 rings (SSSR count). The van der Waals surface area contributed by atoms with E-state index in [0.29, 0.717) is 65.1 Å². The van der Waals surface area contributed by atoms with E-state index < -0.39 is 0 Å². The van der Waals surface area contributed by atoms with Crippen molar-refractivity contribution in [2.75, 3.05) is 49.3 Å². The number of nitrogens with one attached hydrogen (secondary N) is 3. The minimum absolute atomic E-state index is 0.0218. The molecule has 42 heavy (non-hydrogen) atoms. The van der Waals surface area contributed by atoms with Gasteiger partial charge in [0, 0.05) is 44.9 Å². The lowest BCUT2D eigenvalue weighted by Gasteiger charge is -2.40. The number of aryl methyl sites for hydroxylation is 1. The summed E-state index contributed by atoms with van der Waals surface area (Å²) < 4.78 is 11.8. The van der Waals surface area contributed by atoms with Crippen molar-refractivity contribution in [3.8, 4) is 17.2 Å². The number of amides is 1. The van der Waals surface area contributed by atoms with E-state index in [-0.39, 0.29) is 11.9 Å². The molecular formula is C30H33N9O3. The summed E-state index contributed by atoms with van der Waals surface area (Å²) in [6.45, 7) is 9.46. The van der Waals surface area contributed by atoms with Gasteiger partial charge in [-0.3, -0.25) is 4.79 Å². The SMILES string of the molecule is C=CC(=O)N1CCN(c2ccc3ncnc(Nc4cc(C)c(Oc5ccc(NC)c(N=N)c5)cc4OC)c3n2)C[C@H]1C. The summed E-state index contributed by atoms with van der Waals surface area (Å²) in [7, 11) is 3.36. The van der Waals surface area contributed by atoms with E-state index in [4.69, 9.17) is 20.0 Å². The third-order valence-corrected chi connectivity index (χ3v) is 7.21. The Balaban J connectivity index is 1.42. The van der Waals surface area contributed by atoms with Crippen LogP contribution in [0.25, 0.3) is 11.0 Å². The van der Waals surface area contributed by atoms with Crippen molar-refractivity contribution >= 4 is 45.6 Å². The molecule has 12 heteroatoms. The monoisotopic (exact) mass is 567 g/mol. The first-order chi connectivity index (χ1) is 20.3. The Morgan fingerprint density at radius 3 is 2.69 bits per heavy atom. The highest BCUT2D eigenvalue weighted by Gasteiger charge is 2.27. The van der Waals surface area contributed by atoms with Gasteiger partial charge in [-0.05, 0) is 55.8 Å². The number of nitrogens with zero attached hydrogens (tertiary/aromatic N) is 6. The number of rotatable bonds is 9. The van der Waals surface area contributed by atoms with Crippen LogP contribution in [0, 0.1) is 12.5 Å². The zero-order valence-corrected chi connectivity index (χ0v) is 24.0. The molecular weight excluding hydrogens is 534 g/mol. The highest BCUT2D eigenvalue weighted by atomic mass is 16.5. The van der Waals surface area contributed by atoms with Gasteiger partial charge in [0.1, 0.15) is 40.6 Å². The summed E-state index contributed by atoms with van der Waals surface area (Å²) in [5, 5.41) is 9.96. The largest absolute Gasteiger partial charge is 0.494 e. The smallest absolute Gasteiger partial charge is 0.246 e. The zero-order chi connectivity index (χ0) is 29.8. The third kappa shape index (κ3) is 5.64. The van der Waals surface area contributed by atoms with Crippen LogP contribution in [-0.4, -0.2) is 65.6 Å². The van der Waals surface area contributed by atoms with Gasteiger partial charge in [-0.25, -0.2) is 20.5 Å². The number of methoxy groups -OCH3 is 1. The molecule has 1 fully saturated rings. The van der Waals surface area contributed by atoms with Gasteiger partial charge in [0.2, 0.25) is 5.91 Å². The number of ether oxygens (including phenoxy) is 2. The van der Waals surface area contributed by atoms with Crippen LogP contribution in [0.4, 0.5) is 28.7 Å². The first-order valence-electron chi connectivity index (χ1n) is 13.5. The Bertz CT molecular complexity index is 1660. The Kier molecular flexibility index (Phi) is 8.14. The van der Waals surface area contributed by atoms with Crippen LogP contribution >= 0.6 is 0 Å². The zero-order valence-electron chi connectivity index (χ0n) is 24.0. The van der Waals surface area contributed by atoms with Crippen molar-refractivity contribution in [1.82, 2.24) is 19.9 Å². The summed E-state index contributed by atoms with van der Waals surface area (Å²) >= 11 is 0. The van der Waals surface area contributed by atoms with Gasteiger partial charge < -0.3 is 29.9 Å². The van der Waals surface area contributed by atoms with E-state index in [1.807, 2.05) is 49.1 Å². The quantitative estimate of drug-likeness (QED) is 0.169. The maximum absolute atomic E-state index is 12.2. The number of piperazine rings is 1. The predicted molar refractivity (Wildman–Crippen MR) is 163 cm³/mol. The molecule has 3 heterocycles. The van der Waals surface area contributed by atoms with E-state index in [2.05, 4.69) is 37.2 Å². The maximum Gasteiger partial charge on any atom is 0.246 e. The molecule has 216 valence electrons. The van der Waals surface area contributed by atoms with Crippen LogP contribution in [0.5, 0.6) is 17.2 Å². The summed E-state index contributed by atoms with van der Waals surface area (Å²) in [4.78, 5) is 30.0. The number of carbonyl (C=O) groups excluding carboxylic acids is 1. The molecule has 1 aliphatic heterocycles. The van der Waals surface area contributed by atoms with Crippen LogP contribution in [0.1, 0.15) is 12.5 Å². The van der Waals surface area contributed by atoms with E-state index in [9.17, 15) is 4.79 Å². The maximum atomic E-state index is 12.2. The Hall–Kier alpha value is -5.26. The standard InChI is InChI=1S/C30H33N9O3/c1-6-28(40)39-12-11-38(16-19(39)3)27-10-9-22-29(36-27)30(34-17-33-22)35-24-13-18(2)25(15-26(24)41-5)42-20-7-8-21(32-4)23(14-20)37-31/h6-10,13-15,17,19,31-32H,1,11-12,16H2,2-5H3,(H,33,34,35)/t19-/m1/s1. The summed E-state index contributed by atoms with van der Waals surface area (Å²) in [5.74, 6) is 2.95. The molecule has 2 aromatic heterocycles. The number of anilines is 4. The van der Waals surface area contributed by atoms with Crippen molar-refractivity contribution in [2.45, 2.75) is 19.9 Å². The molecule has 3 N–H and O–H groups in total. The first-order valence-corrected chi connectivity index (χ1v) is 13.5. The molecule has 12 nitrogen and oxygen atoms in total. The second-order valence-corrected chi connectivity index (χ2v) is 9.88. The second kappa shape index (κ2) is 12.1. The molecule has 2 aromatic carbocycles. The summed E-state index contributed by atoms with van der Waals surface area (Å²) in [6.07, 6.45) is 2.85. The van der Waals surface area contributed by atoms with Gasteiger partial charge >= 0.3 is 0 Å². The molecule has 1 atom stereocenters. The first kappa shape index (κ1) is 28.3. The highest BCUT2D eigenvalue weighted by Crippen LogP contribution is 2.39. The number of carbonyl (C=O) groups is 1. The Morgan fingerprint density at radius 2 is 1.98 bits per heavy atom. The van der Waals surface area contributed by atoms with Crippen LogP contribution in [-0.2, 0) is 4.79 Å². The number of fused-ring (bicyclic) bond motifs is 1. The van der Waals surface area contributed by atoms with E-state index in [1.165, 1.54) is 12.4 Å². The number of benzene rings is 2. The second-order valence-electron chi connectivity index (χ2n) is 9.88. The fourth-order valence-electron chi connectivity index (χ4n) is 4.99. The minimum Gasteiger partial charge on any atom is -0.494 e. The fourth-order valence-corrected chi connectivity index (χ4v) is 4.99. The molecule has 4 aromatic rings. The minimum atomic E-state index is -0.0611. The molecule has 0 unspecified atom stereocenters. The molecule has 0 radical (unpaired) electrons. The van der Waals surface area contributed by atoms with E-state index in [0.717, 1.165) is 17.1 Å². The summed E-state index contributed by atoms with van der Waals surface area (Å²) in [6, 6.07) is 12.9. The van der Waals surface area contributed by atoms with Crippen LogP contribution in [0.3, 0.4) is 0 Å². The normalized spacial score (nSPS) is 14.8. The molecule has 1 aliphatic rings. The Morgan fingerprint density at radius 1 is 1.14 bits per heavy atom. The molecule has 0 saturated carbocycles. The average Bonchev–Trinajstić information content (AvgIpc) is 3.01. The van der Waals surface area contributed by atoms with Crippen LogP contribution in [0.2, 0.25) is 0 Å². The van der Waals surface area contributed by atoms with Gasteiger partial charge in [0.15, 0.2) is 5.82 Å². The van der Waals surface area contributed by atoms with Gasteiger partial charge in [0.05, 0.1) is 24.0 Å². The van der Waals surface area contributed by atoms with Crippen molar-refractivity contribution in [1.29, 1.82) is 5.53 Å². The summed E-state index contributed by atoms with van der Waals surface area (Å²) in [5.41, 5.74) is 11.5. The number of hydrogen-bond acceptors (Lipinski definition) is 11. The molecule has 0 bridgehead atoms. The molecule has 1 amide bonds. The number of hydrogen-bond donors (Lipinski definition) is 3. The average molecular weight is 568 g/mol. The molecule has 0 aliphatic carbocycles. The van der Waals surface area contributed by atoms with Crippen molar-refractivity contribution in [2.24, 2.45) is 5.11 Å². The van der Waals surface area contributed by atoms with Gasteiger partial charge in [0.25, 0.3) is 0 Å². The Labute approximate surface area is 243 Å². The highest BCUT2D eigenvalue weighted by molar-refractivity contribution is 5.89. The van der Waals surface area contributed by atoms with Crippen molar-refractivity contribution in [3.05, 3.63) is 67.0 Å². The topological polar surface area (TPSA) is 141 Å². The molecule has 1 saturated heterocycles. The van der Waals surface area contributed by atoms with E-state index >= 15 is 0 Å². The van der Waals surface area contributed by atoms with Crippen molar-refractivity contribution in [3.63, 3.8) is 0 Å². The lowest BCUT2D eigenvalue weighted by Crippen LogP contribution is -2.53. The molecule has 0 spiro atoms. The lowest BCUT2D eigenvalue weighted by molar-refractivity contribution is -0.128. The van der Waals surface area contributed by atoms with Gasteiger partial charge in [-0.1, -0.05) is 6.58 Å². The van der Waals surface area contributed by atoms with E-state index in [1.54, 1.807) is 26.3 Å². The van der Waals surface area contributed by atoms with Crippen LogP contribution < -0.4 is 25.0 Å². The number of pyridine rings is 1. The fraction of sp³-hybridized carbons (Fsp3) is 0.267.